The molecule has 2 bridgehead atoms. The third kappa shape index (κ3) is 3.34. The first kappa shape index (κ1) is 17.9. The van der Waals surface area contributed by atoms with Gasteiger partial charge in [-0.2, -0.15) is 0 Å². The molecule has 2 aromatic rings. The third-order valence-electron chi connectivity index (χ3n) is 6.39. The number of furan rings is 1. The number of fused-ring (bicyclic) bond motifs is 2. The van der Waals surface area contributed by atoms with Gasteiger partial charge in [-0.25, -0.2) is 0 Å². The molecule has 28 heavy (non-hydrogen) atoms. The zero-order valence-electron chi connectivity index (χ0n) is 15.7. The molecule has 3 aliphatic rings. The minimum absolute atomic E-state index is 0.0201. The Balaban J connectivity index is 1.26. The van der Waals surface area contributed by atoms with Crippen LogP contribution in [0.4, 0.5) is 0 Å². The van der Waals surface area contributed by atoms with Crippen LogP contribution in [0.25, 0.3) is 0 Å². The minimum Gasteiger partial charge on any atom is -0.467 e. The summed E-state index contributed by atoms with van der Waals surface area (Å²) in [5, 5.41) is 3.20. The van der Waals surface area contributed by atoms with Crippen LogP contribution in [0.1, 0.15) is 52.7 Å². The van der Waals surface area contributed by atoms with E-state index in [2.05, 4.69) is 5.32 Å². The Hall–Kier alpha value is -2.21. The summed E-state index contributed by atoms with van der Waals surface area (Å²) >= 11 is 1.62. The first-order valence-corrected chi connectivity index (χ1v) is 11.1. The maximum absolute atomic E-state index is 12.6. The van der Waals surface area contributed by atoms with Crippen LogP contribution in [-0.4, -0.2) is 28.5 Å². The van der Waals surface area contributed by atoms with Crippen molar-refractivity contribution in [1.82, 2.24) is 10.2 Å². The van der Waals surface area contributed by atoms with Crippen molar-refractivity contribution in [3.8, 4) is 0 Å². The predicted octanol–water partition coefficient (Wildman–Crippen LogP) is 3.97. The van der Waals surface area contributed by atoms with E-state index >= 15 is 0 Å². The predicted molar refractivity (Wildman–Crippen MR) is 108 cm³/mol. The van der Waals surface area contributed by atoms with Crippen molar-refractivity contribution in [3.63, 3.8) is 0 Å². The highest BCUT2D eigenvalue weighted by molar-refractivity contribution is 8.00. The molecular formula is C22H24N2O3S. The molecule has 5 rings (SSSR count). The average Bonchev–Trinajstić information content (AvgIpc) is 3.49. The molecule has 2 saturated carbocycles. The molecule has 5 nitrogen and oxygen atoms in total. The Labute approximate surface area is 168 Å². The lowest BCUT2D eigenvalue weighted by Crippen LogP contribution is -2.38. The summed E-state index contributed by atoms with van der Waals surface area (Å²) in [6.45, 7) is 0.468. The summed E-state index contributed by atoms with van der Waals surface area (Å²) < 4.78 is 5.41. The lowest BCUT2D eigenvalue weighted by atomic mass is 9.95. The SMILES string of the molecule is O=C(N[C@H]1C[C@H]2CC[C@H]1C2)c1ccc([C@H]2SCC(=O)N2Cc2ccco2)cc1. The van der Waals surface area contributed by atoms with E-state index in [0.717, 1.165) is 23.7 Å². The Kier molecular flexibility index (Phi) is 4.67. The van der Waals surface area contributed by atoms with Crippen LogP contribution >= 0.6 is 11.8 Å². The van der Waals surface area contributed by atoms with Crippen LogP contribution in [0.15, 0.2) is 47.1 Å². The normalized spacial score (nSPS) is 28.9. The van der Waals surface area contributed by atoms with Crippen molar-refractivity contribution in [1.29, 1.82) is 0 Å². The molecule has 146 valence electrons. The van der Waals surface area contributed by atoms with E-state index in [1.165, 1.54) is 19.3 Å². The number of thioether (sulfide) groups is 1. The first-order chi connectivity index (χ1) is 13.7. The Morgan fingerprint density at radius 3 is 2.71 bits per heavy atom. The van der Waals surface area contributed by atoms with Crippen LogP contribution < -0.4 is 5.32 Å². The molecule has 1 aromatic carbocycles. The summed E-state index contributed by atoms with van der Waals surface area (Å²) in [4.78, 5) is 26.8. The van der Waals surface area contributed by atoms with Gasteiger partial charge in [0.15, 0.2) is 0 Å². The number of benzene rings is 1. The molecule has 4 atom stereocenters. The van der Waals surface area contributed by atoms with E-state index in [-0.39, 0.29) is 17.2 Å². The number of nitrogens with zero attached hydrogens (tertiary/aromatic N) is 1. The zero-order chi connectivity index (χ0) is 19.1. The summed E-state index contributed by atoms with van der Waals surface area (Å²) in [5.74, 6) is 2.87. The Bertz CT molecular complexity index is 864. The van der Waals surface area contributed by atoms with Gasteiger partial charge in [-0.3, -0.25) is 9.59 Å². The number of hydrogen-bond donors (Lipinski definition) is 1. The lowest BCUT2D eigenvalue weighted by molar-refractivity contribution is -0.128. The Morgan fingerprint density at radius 2 is 2.04 bits per heavy atom. The fraction of sp³-hybridized carbons (Fsp3) is 0.455. The molecule has 0 spiro atoms. The number of carbonyl (C=O) groups excluding carboxylic acids is 2. The van der Waals surface area contributed by atoms with Gasteiger partial charge in [0.05, 0.1) is 18.6 Å². The molecule has 6 heteroatoms. The Morgan fingerprint density at radius 1 is 1.18 bits per heavy atom. The topological polar surface area (TPSA) is 62.6 Å². The summed E-state index contributed by atoms with van der Waals surface area (Å²) in [6.07, 6.45) is 6.63. The van der Waals surface area contributed by atoms with Crippen molar-refractivity contribution in [2.45, 2.75) is 43.6 Å². The van der Waals surface area contributed by atoms with Gasteiger partial charge in [0, 0.05) is 11.6 Å². The largest absolute Gasteiger partial charge is 0.467 e. The monoisotopic (exact) mass is 396 g/mol. The van der Waals surface area contributed by atoms with Gasteiger partial charge in [-0.1, -0.05) is 18.6 Å². The highest BCUT2D eigenvalue weighted by Gasteiger charge is 2.40. The molecule has 0 radical (unpaired) electrons. The standard InChI is InChI=1S/C22H24N2O3S/c25-20-13-28-22(24(20)12-18-2-1-9-27-18)16-7-5-15(6-8-16)21(26)23-19-11-14-3-4-17(19)10-14/h1-2,5-9,14,17,19,22H,3-4,10-13H2,(H,23,26)/t14-,17-,19-,22+/m0/s1. The maximum Gasteiger partial charge on any atom is 0.251 e. The van der Waals surface area contributed by atoms with Gasteiger partial charge in [0.2, 0.25) is 5.91 Å². The summed E-state index contributed by atoms with van der Waals surface area (Å²) in [7, 11) is 0. The molecule has 1 aliphatic heterocycles. The zero-order valence-corrected chi connectivity index (χ0v) is 16.5. The molecule has 1 N–H and O–H groups in total. The summed E-state index contributed by atoms with van der Waals surface area (Å²) in [5.41, 5.74) is 1.73. The molecule has 0 unspecified atom stereocenters. The number of carbonyl (C=O) groups is 2. The van der Waals surface area contributed by atoms with Gasteiger partial charge in [-0.15, -0.1) is 11.8 Å². The maximum atomic E-state index is 12.6. The number of nitrogens with one attached hydrogen (secondary N) is 1. The highest BCUT2D eigenvalue weighted by Crippen LogP contribution is 2.44. The van der Waals surface area contributed by atoms with Crippen molar-refractivity contribution in [2.24, 2.45) is 11.8 Å². The van der Waals surface area contributed by atoms with Crippen LogP contribution in [0.2, 0.25) is 0 Å². The molecule has 2 aliphatic carbocycles. The van der Waals surface area contributed by atoms with Gasteiger partial charge < -0.3 is 14.6 Å². The lowest BCUT2D eigenvalue weighted by Gasteiger charge is -2.24. The second-order valence-electron chi connectivity index (χ2n) is 8.14. The van der Waals surface area contributed by atoms with Crippen molar-refractivity contribution in [2.75, 3.05) is 5.75 Å². The van der Waals surface area contributed by atoms with Crippen molar-refractivity contribution in [3.05, 3.63) is 59.5 Å². The van der Waals surface area contributed by atoms with Crippen LogP contribution in [-0.2, 0) is 11.3 Å². The van der Waals surface area contributed by atoms with E-state index in [1.54, 1.807) is 18.0 Å². The van der Waals surface area contributed by atoms with Crippen molar-refractivity contribution >= 4 is 23.6 Å². The number of hydrogen-bond acceptors (Lipinski definition) is 4. The van der Waals surface area contributed by atoms with Gasteiger partial charge in [-0.05, 0) is 60.9 Å². The molecular weight excluding hydrogens is 372 g/mol. The van der Waals surface area contributed by atoms with Gasteiger partial charge in [0.25, 0.3) is 5.91 Å². The molecule has 2 heterocycles. The van der Waals surface area contributed by atoms with Gasteiger partial charge in [0.1, 0.15) is 11.1 Å². The molecule has 3 fully saturated rings. The van der Waals surface area contributed by atoms with Crippen LogP contribution in [0, 0.1) is 11.8 Å². The van der Waals surface area contributed by atoms with Crippen molar-refractivity contribution < 1.29 is 14.0 Å². The quantitative estimate of drug-likeness (QED) is 0.831. The third-order valence-corrected chi connectivity index (χ3v) is 7.64. The van der Waals surface area contributed by atoms with E-state index in [9.17, 15) is 9.59 Å². The summed E-state index contributed by atoms with van der Waals surface area (Å²) in [6, 6.07) is 11.8. The smallest absolute Gasteiger partial charge is 0.251 e. The fourth-order valence-electron chi connectivity index (χ4n) is 4.94. The number of amides is 2. The second kappa shape index (κ2) is 7.32. The first-order valence-electron chi connectivity index (χ1n) is 10.0. The molecule has 1 aromatic heterocycles. The second-order valence-corrected chi connectivity index (χ2v) is 9.21. The van der Waals surface area contributed by atoms with Crippen LogP contribution in [0.3, 0.4) is 0 Å². The fourth-order valence-corrected chi connectivity index (χ4v) is 6.13. The molecule has 1 saturated heterocycles. The van der Waals surface area contributed by atoms with Gasteiger partial charge >= 0.3 is 0 Å². The van der Waals surface area contributed by atoms with E-state index in [4.69, 9.17) is 4.42 Å². The van der Waals surface area contributed by atoms with E-state index in [0.29, 0.717) is 29.8 Å². The minimum atomic E-state index is -0.0414. The number of rotatable bonds is 5. The average molecular weight is 397 g/mol. The highest BCUT2D eigenvalue weighted by atomic mass is 32.2. The van der Waals surface area contributed by atoms with E-state index in [1.807, 2.05) is 41.3 Å². The molecule has 2 amide bonds. The van der Waals surface area contributed by atoms with Crippen LogP contribution in [0.5, 0.6) is 0 Å². The van der Waals surface area contributed by atoms with E-state index < -0.39 is 0 Å².